The molecule has 0 unspecified atom stereocenters. The maximum atomic E-state index is 13.7. The Morgan fingerprint density at radius 3 is 1.56 bits per heavy atom. The topological polar surface area (TPSA) is 52.6 Å². The van der Waals surface area contributed by atoms with Gasteiger partial charge in [0.25, 0.3) is 0 Å². The number of hydrogen-bond acceptors (Lipinski definition) is 4. The summed E-state index contributed by atoms with van der Waals surface area (Å²) >= 11 is 0. The van der Waals surface area contributed by atoms with Crippen LogP contribution in [-0.4, -0.2) is 35.5 Å². The molecule has 0 bridgehead atoms. The molecule has 0 amide bonds. The summed E-state index contributed by atoms with van der Waals surface area (Å²) in [7, 11) is 0. The molecule has 0 heterocycles. The molecule has 0 N–H and O–H groups in total. The van der Waals surface area contributed by atoms with E-state index in [0.717, 1.165) is 0 Å². The van der Waals surface area contributed by atoms with Crippen LogP contribution in [0.2, 0.25) is 0 Å². The van der Waals surface area contributed by atoms with Crippen LogP contribution in [0.1, 0.15) is 61.3 Å². The summed E-state index contributed by atoms with van der Waals surface area (Å²) in [5.41, 5.74) is -9.61. The SMILES string of the molecule is CCC(C)(C)C(=O)OC(C)(C)C(OC(=O)CC(C)C)(C(F)(F)F)C(F)(F)F. The van der Waals surface area contributed by atoms with Gasteiger partial charge in [-0.15, -0.1) is 0 Å². The molecule has 4 nitrogen and oxygen atoms in total. The summed E-state index contributed by atoms with van der Waals surface area (Å²) in [6.45, 7) is 7.88. The number of carbonyl (C=O) groups excluding carboxylic acids is 2. The molecule has 0 aromatic heterocycles. The second kappa shape index (κ2) is 7.87. The molecule has 0 fully saturated rings. The van der Waals surface area contributed by atoms with E-state index in [2.05, 4.69) is 9.47 Å². The van der Waals surface area contributed by atoms with E-state index in [0.29, 0.717) is 13.8 Å². The van der Waals surface area contributed by atoms with Gasteiger partial charge in [0, 0.05) is 6.42 Å². The summed E-state index contributed by atoms with van der Waals surface area (Å²) in [5, 5.41) is 0. The number of rotatable bonds is 7. The highest BCUT2D eigenvalue weighted by Crippen LogP contribution is 2.54. The van der Waals surface area contributed by atoms with Crippen molar-refractivity contribution in [1.29, 1.82) is 0 Å². The van der Waals surface area contributed by atoms with Crippen molar-refractivity contribution in [2.45, 2.75) is 84.9 Å². The van der Waals surface area contributed by atoms with Crippen molar-refractivity contribution in [3.05, 3.63) is 0 Å². The van der Waals surface area contributed by atoms with Gasteiger partial charge in [-0.2, -0.15) is 26.3 Å². The first kappa shape index (κ1) is 25.5. The van der Waals surface area contributed by atoms with Crippen molar-refractivity contribution in [3.63, 3.8) is 0 Å². The quantitative estimate of drug-likeness (QED) is 0.429. The zero-order valence-corrected chi connectivity index (χ0v) is 16.4. The average Bonchev–Trinajstić information content (AvgIpc) is 2.40. The van der Waals surface area contributed by atoms with Crippen LogP contribution in [-0.2, 0) is 19.1 Å². The van der Waals surface area contributed by atoms with Crippen LogP contribution >= 0.6 is 0 Å². The third kappa shape index (κ3) is 5.28. The molecule has 0 aliphatic rings. The second-order valence-electron chi connectivity index (χ2n) is 7.89. The van der Waals surface area contributed by atoms with Crippen molar-refractivity contribution in [1.82, 2.24) is 0 Å². The van der Waals surface area contributed by atoms with Gasteiger partial charge in [-0.25, -0.2) is 0 Å². The van der Waals surface area contributed by atoms with E-state index in [1.807, 2.05) is 0 Å². The molecular formula is C17H26F6O4. The zero-order chi connectivity index (χ0) is 22.1. The van der Waals surface area contributed by atoms with Crippen molar-refractivity contribution in [2.75, 3.05) is 0 Å². The zero-order valence-electron chi connectivity index (χ0n) is 16.4. The second-order valence-corrected chi connectivity index (χ2v) is 7.89. The van der Waals surface area contributed by atoms with E-state index in [1.165, 1.54) is 34.6 Å². The summed E-state index contributed by atoms with van der Waals surface area (Å²) < 4.78 is 90.9. The Balaban J connectivity index is 6.39. The first-order valence-corrected chi connectivity index (χ1v) is 8.34. The number of ether oxygens (including phenoxy) is 2. The highest BCUT2D eigenvalue weighted by Gasteiger charge is 2.82. The monoisotopic (exact) mass is 408 g/mol. The maximum Gasteiger partial charge on any atom is 0.441 e. The van der Waals surface area contributed by atoms with Gasteiger partial charge in [-0.05, 0) is 40.0 Å². The molecule has 0 aliphatic carbocycles. The molecular weight excluding hydrogens is 382 g/mol. The highest BCUT2D eigenvalue weighted by molar-refractivity contribution is 5.76. The first-order chi connectivity index (χ1) is 11.7. The molecule has 0 aromatic rings. The summed E-state index contributed by atoms with van der Waals surface area (Å²) in [6.07, 6.45) is -12.7. The van der Waals surface area contributed by atoms with E-state index in [4.69, 9.17) is 0 Å². The van der Waals surface area contributed by atoms with Gasteiger partial charge < -0.3 is 9.47 Å². The molecule has 0 aromatic carbocycles. The standard InChI is InChI=1S/C17H26F6O4/c1-8-13(4,5)12(25)27-14(6,7)15(16(18,19)20,17(21,22)23)26-11(24)9-10(2)3/h10H,8-9H2,1-7H3. The first-order valence-electron chi connectivity index (χ1n) is 8.34. The van der Waals surface area contributed by atoms with Crippen LogP contribution in [0.5, 0.6) is 0 Å². The number of alkyl halides is 6. The molecule has 160 valence electrons. The minimum Gasteiger partial charge on any atom is -0.454 e. The minimum absolute atomic E-state index is 0.111. The number of carbonyl (C=O) groups is 2. The van der Waals surface area contributed by atoms with Gasteiger partial charge >= 0.3 is 29.9 Å². The predicted octanol–water partition coefficient (Wildman–Crippen LogP) is 5.20. The third-order valence-electron chi connectivity index (χ3n) is 4.27. The van der Waals surface area contributed by atoms with E-state index in [-0.39, 0.29) is 6.42 Å². The predicted molar refractivity (Wildman–Crippen MR) is 84.6 cm³/mol. The Bertz CT molecular complexity index is 533. The molecule has 0 aliphatic heterocycles. The van der Waals surface area contributed by atoms with Crippen LogP contribution in [0.15, 0.2) is 0 Å². The largest absolute Gasteiger partial charge is 0.454 e. The van der Waals surface area contributed by atoms with Gasteiger partial charge in [0.15, 0.2) is 5.60 Å². The van der Waals surface area contributed by atoms with E-state index < -0.39 is 53.2 Å². The smallest absolute Gasteiger partial charge is 0.441 e. The van der Waals surface area contributed by atoms with Crippen LogP contribution in [0.3, 0.4) is 0 Å². The highest BCUT2D eigenvalue weighted by atomic mass is 19.4. The molecule has 27 heavy (non-hydrogen) atoms. The Morgan fingerprint density at radius 1 is 0.852 bits per heavy atom. The third-order valence-corrected chi connectivity index (χ3v) is 4.27. The fourth-order valence-corrected chi connectivity index (χ4v) is 2.21. The lowest BCUT2D eigenvalue weighted by atomic mass is 9.82. The van der Waals surface area contributed by atoms with E-state index in [9.17, 15) is 35.9 Å². The van der Waals surface area contributed by atoms with Crippen LogP contribution in [0, 0.1) is 11.3 Å². The van der Waals surface area contributed by atoms with Crippen molar-refractivity contribution < 1.29 is 45.4 Å². The Labute approximate surface area is 154 Å². The number of esters is 2. The van der Waals surface area contributed by atoms with Crippen LogP contribution in [0.25, 0.3) is 0 Å². The number of hydrogen-bond donors (Lipinski definition) is 0. The fourth-order valence-electron chi connectivity index (χ4n) is 2.21. The molecule has 0 saturated carbocycles. The number of halogens is 6. The lowest BCUT2D eigenvalue weighted by Crippen LogP contribution is -2.72. The van der Waals surface area contributed by atoms with Crippen LogP contribution < -0.4 is 0 Å². The Morgan fingerprint density at radius 2 is 1.26 bits per heavy atom. The average molecular weight is 408 g/mol. The minimum atomic E-state index is -6.09. The lowest BCUT2D eigenvalue weighted by molar-refractivity contribution is -0.408. The molecule has 10 heteroatoms. The van der Waals surface area contributed by atoms with Crippen molar-refractivity contribution >= 4 is 11.9 Å². The van der Waals surface area contributed by atoms with E-state index in [1.54, 1.807) is 0 Å². The molecule has 0 saturated heterocycles. The summed E-state index contributed by atoms with van der Waals surface area (Å²) in [6, 6.07) is 0. The van der Waals surface area contributed by atoms with E-state index >= 15 is 0 Å². The molecule has 0 spiro atoms. The van der Waals surface area contributed by atoms with Gasteiger partial charge in [-0.1, -0.05) is 20.8 Å². The fraction of sp³-hybridized carbons (Fsp3) is 0.882. The van der Waals surface area contributed by atoms with Gasteiger partial charge in [-0.3, -0.25) is 9.59 Å². The van der Waals surface area contributed by atoms with Crippen molar-refractivity contribution in [3.8, 4) is 0 Å². The van der Waals surface area contributed by atoms with Gasteiger partial charge in [0.1, 0.15) is 0 Å². The molecule has 0 atom stereocenters. The Kier molecular flexibility index (Phi) is 7.44. The summed E-state index contributed by atoms with van der Waals surface area (Å²) in [5.74, 6) is -3.51. The Hall–Kier alpha value is -1.48. The molecule has 0 rings (SSSR count). The normalized spacial score (nSPS) is 14.3. The maximum absolute atomic E-state index is 13.7. The van der Waals surface area contributed by atoms with Crippen molar-refractivity contribution in [2.24, 2.45) is 11.3 Å². The van der Waals surface area contributed by atoms with Gasteiger partial charge in [0.05, 0.1) is 5.41 Å². The molecule has 0 radical (unpaired) electrons. The van der Waals surface area contributed by atoms with Crippen LogP contribution in [0.4, 0.5) is 26.3 Å². The van der Waals surface area contributed by atoms with Gasteiger partial charge in [0.2, 0.25) is 0 Å². The summed E-state index contributed by atoms with van der Waals surface area (Å²) in [4.78, 5) is 24.0. The lowest BCUT2D eigenvalue weighted by Gasteiger charge is -2.46.